The summed E-state index contributed by atoms with van der Waals surface area (Å²) in [6.45, 7) is 0.0459. The molecule has 0 aromatic carbocycles. The molecule has 7 nitrogen and oxygen atoms in total. The van der Waals surface area contributed by atoms with E-state index in [0.29, 0.717) is 12.2 Å². The van der Waals surface area contributed by atoms with Gasteiger partial charge in [-0.25, -0.2) is 4.98 Å². The van der Waals surface area contributed by atoms with E-state index in [1.165, 1.54) is 0 Å². The number of nitrogens with zero attached hydrogens (tertiary/aromatic N) is 2. The Morgan fingerprint density at radius 3 is 2.81 bits per heavy atom. The SMILES string of the molecule is N#CCNC(=O)C1CC=C(c2cc(NC(=O)C3CC3)nc3[nH]ccc23)CC1. The maximum atomic E-state index is 12.1. The number of carbonyl (C=O) groups is 2. The molecule has 2 amide bonds. The Balaban J connectivity index is 1.56. The molecule has 7 heteroatoms. The fourth-order valence-corrected chi connectivity index (χ4v) is 3.53. The van der Waals surface area contributed by atoms with Gasteiger partial charge in [-0.15, -0.1) is 0 Å². The second kappa shape index (κ2) is 7.23. The zero-order valence-corrected chi connectivity index (χ0v) is 14.9. The van der Waals surface area contributed by atoms with Crippen LogP contribution in [0.25, 0.3) is 16.6 Å². The van der Waals surface area contributed by atoms with Crippen molar-refractivity contribution in [1.82, 2.24) is 15.3 Å². The summed E-state index contributed by atoms with van der Waals surface area (Å²) in [7, 11) is 0. The molecule has 2 aromatic heterocycles. The number of hydrogen-bond donors (Lipinski definition) is 3. The molecule has 4 rings (SSSR count). The third-order valence-electron chi connectivity index (χ3n) is 5.20. The van der Waals surface area contributed by atoms with Gasteiger partial charge in [-0.1, -0.05) is 6.08 Å². The van der Waals surface area contributed by atoms with E-state index in [-0.39, 0.29) is 30.2 Å². The first-order valence-corrected chi connectivity index (χ1v) is 9.29. The number of pyridine rings is 1. The molecular formula is C20H21N5O2. The highest BCUT2D eigenvalue weighted by molar-refractivity contribution is 5.97. The van der Waals surface area contributed by atoms with Crippen LogP contribution in [0.3, 0.4) is 0 Å². The zero-order chi connectivity index (χ0) is 18.8. The molecule has 138 valence electrons. The second-order valence-electron chi connectivity index (χ2n) is 7.14. The quantitative estimate of drug-likeness (QED) is 0.709. The van der Waals surface area contributed by atoms with Gasteiger partial charge in [0.05, 0.1) is 6.07 Å². The Morgan fingerprint density at radius 2 is 2.11 bits per heavy atom. The highest BCUT2D eigenvalue weighted by atomic mass is 16.2. The molecule has 0 saturated heterocycles. The van der Waals surface area contributed by atoms with Gasteiger partial charge >= 0.3 is 0 Å². The van der Waals surface area contributed by atoms with Crippen molar-refractivity contribution in [3.63, 3.8) is 0 Å². The molecule has 3 N–H and O–H groups in total. The van der Waals surface area contributed by atoms with Gasteiger partial charge in [0.2, 0.25) is 11.8 Å². The first-order chi connectivity index (χ1) is 13.2. The van der Waals surface area contributed by atoms with Crippen LogP contribution in [0.2, 0.25) is 0 Å². The molecule has 0 radical (unpaired) electrons. The predicted octanol–water partition coefficient (Wildman–Crippen LogP) is 2.73. The first kappa shape index (κ1) is 17.3. The monoisotopic (exact) mass is 363 g/mol. The van der Waals surface area contributed by atoms with Crippen molar-refractivity contribution in [2.45, 2.75) is 32.1 Å². The molecule has 0 aliphatic heterocycles. The molecule has 2 aromatic rings. The number of allylic oxidation sites excluding steroid dienone is 2. The lowest BCUT2D eigenvalue weighted by atomic mass is 9.85. The summed E-state index contributed by atoms with van der Waals surface area (Å²) in [5.74, 6) is 0.555. The third-order valence-corrected chi connectivity index (χ3v) is 5.20. The molecule has 0 spiro atoms. The van der Waals surface area contributed by atoms with Crippen LogP contribution >= 0.6 is 0 Å². The largest absolute Gasteiger partial charge is 0.346 e. The van der Waals surface area contributed by atoms with Gasteiger partial charge in [0.15, 0.2) is 0 Å². The molecule has 27 heavy (non-hydrogen) atoms. The van der Waals surface area contributed by atoms with E-state index in [4.69, 9.17) is 5.26 Å². The molecular weight excluding hydrogens is 342 g/mol. The van der Waals surface area contributed by atoms with Crippen molar-refractivity contribution in [1.29, 1.82) is 5.26 Å². The summed E-state index contributed by atoms with van der Waals surface area (Å²) >= 11 is 0. The van der Waals surface area contributed by atoms with Crippen LogP contribution in [0.5, 0.6) is 0 Å². The molecule has 2 heterocycles. The van der Waals surface area contributed by atoms with Crippen molar-refractivity contribution < 1.29 is 9.59 Å². The minimum atomic E-state index is -0.0975. The van der Waals surface area contributed by atoms with Crippen molar-refractivity contribution in [3.05, 3.63) is 30.0 Å². The van der Waals surface area contributed by atoms with Crippen molar-refractivity contribution in [2.24, 2.45) is 11.8 Å². The van der Waals surface area contributed by atoms with E-state index in [0.717, 1.165) is 47.9 Å². The van der Waals surface area contributed by atoms with Crippen molar-refractivity contribution in [3.8, 4) is 6.07 Å². The number of anilines is 1. The number of fused-ring (bicyclic) bond motifs is 1. The molecule has 2 aliphatic rings. The van der Waals surface area contributed by atoms with Crippen LogP contribution in [0.4, 0.5) is 5.82 Å². The minimum Gasteiger partial charge on any atom is -0.346 e. The number of aromatic nitrogens is 2. The number of nitriles is 1. The molecule has 1 atom stereocenters. The van der Waals surface area contributed by atoms with Gasteiger partial charge in [0.25, 0.3) is 0 Å². The molecule has 1 unspecified atom stereocenters. The number of amides is 2. The van der Waals surface area contributed by atoms with Gasteiger partial charge in [0.1, 0.15) is 18.0 Å². The molecule has 2 aliphatic carbocycles. The number of nitrogens with one attached hydrogen (secondary N) is 3. The maximum Gasteiger partial charge on any atom is 0.228 e. The fourth-order valence-electron chi connectivity index (χ4n) is 3.53. The molecule has 0 bridgehead atoms. The third kappa shape index (κ3) is 3.70. The van der Waals surface area contributed by atoms with Crippen LogP contribution < -0.4 is 10.6 Å². The average molecular weight is 363 g/mol. The van der Waals surface area contributed by atoms with Gasteiger partial charge < -0.3 is 15.6 Å². The Labute approximate surface area is 156 Å². The van der Waals surface area contributed by atoms with E-state index < -0.39 is 0 Å². The van der Waals surface area contributed by atoms with Gasteiger partial charge in [-0.2, -0.15) is 5.26 Å². The summed E-state index contributed by atoms with van der Waals surface area (Å²) < 4.78 is 0. The first-order valence-electron chi connectivity index (χ1n) is 9.29. The highest BCUT2D eigenvalue weighted by Gasteiger charge is 2.30. The van der Waals surface area contributed by atoms with Gasteiger partial charge in [-0.05, 0) is 55.4 Å². The fraction of sp³-hybridized carbons (Fsp3) is 0.400. The van der Waals surface area contributed by atoms with Crippen molar-refractivity contribution >= 4 is 34.2 Å². The van der Waals surface area contributed by atoms with Gasteiger partial charge in [-0.3, -0.25) is 9.59 Å². The smallest absolute Gasteiger partial charge is 0.228 e. The lowest BCUT2D eigenvalue weighted by Crippen LogP contribution is -2.31. The highest BCUT2D eigenvalue weighted by Crippen LogP contribution is 2.35. The molecule has 1 saturated carbocycles. The zero-order valence-electron chi connectivity index (χ0n) is 14.9. The normalized spacial score (nSPS) is 19.2. The van der Waals surface area contributed by atoms with Crippen molar-refractivity contribution in [2.75, 3.05) is 11.9 Å². The van der Waals surface area contributed by atoms with E-state index in [2.05, 4.69) is 26.7 Å². The number of rotatable bonds is 5. The molecule has 1 fully saturated rings. The standard InChI is InChI=1S/C20H21N5O2/c21-8-10-23-19(26)13-3-1-12(2-4-13)16-11-17(25-20(27)14-5-6-14)24-18-15(16)7-9-22-18/h1,7,9,11,13-14H,2-6,10H2,(H,23,26)(H2,22,24,25,27). The average Bonchev–Trinajstić information content (AvgIpc) is 3.44. The Bertz CT molecular complexity index is 964. The van der Waals surface area contributed by atoms with Crippen LogP contribution in [0.15, 0.2) is 24.4 Å². The lowest BCUT2D eigenvalue weighted by molar-refractivity contribution is -0.125. The van der Waals surface area contributed by atoms with Crippen LogP contribution in [0.1, 0.15) is 37.7 Å². The van der Waals surface area contributed by atoms with Crippen LogP contribution in [0, 0.1) is 23.2 Å². The van der Waals surface area contributed by atoms with Crippen LogP contribution in [-0.2, 0) is 9.59 Å². The van der Waals surface area contributed by atoms with E-state index in [1.807, 2.05) is 24.4 Å². The summed E-state index contributed by atoms with van der Waals surface area (Å²) in [5, 5.41) is 15.2. The summed E-state index contributed by atoms with van der Waals surface area (Å²) in [6, 6.07) is 5.84. The maximum absolute atomic E-state index is 12.1. The topological polar surface area (TPSA) is 111 Å². The Morgan fingerprint density at radius 1 is 1.26 bits per heavy atom. The summed E-state index contributed by atoms with van der Waals surface area (Å²) in [6.07, 6.45) is 7.98. The number of carbonyl (C=O) groups excluding carboxylic acids is 2. The predicted molar refractivity (Wildman–Crippen MR) is 101 cm³/mol. The Hall–Kier alpha value is -3.14. The Kier molecular flexibility index (Phi) is 4.63. The van der Waals surface area contributed by atoms with Crippen LogP contribution in [-0.4, -0.2) is 28.3 Å². The number of aromatic amines is 1. The number of H-pyrrole nitrogens is 1. The van der Waals surface area contributed by atoms with E-state index in [9.17, 15) is 9.59 Å². The summed E-state index contributed by atoms with van der Waals surface area (Å²) in [4.78, 5) is 31.8. The lowest BCUT2D eigenvalue weighted by Gasteiger charge is -2.21. The number of hydrogen-bond acceptors (Lipinski definition) is 4. The van der Waals surface area contributed by atoms with E-state index >= 15 is 0 Å². The minimum absolute atomic E-state index is 0.0335. The second-order valence-corrected chi connectivity index (χ2v) is 7.14. The summed E-state index contributed by atoms with van der Waals surface area (Å²) in [5.41, 5.74) is 2.95. The van der Waals surface area contributed by atoms with E-state index in [1.54, 1.807) is 0 Å². The van der Waals surface area contributed by atoms with Gasteiger partial charge in [0, 0.05) is 23.4 Å².